The molecule has 2 aliphatic rings. The van der Waals surface area contributed by atoms with Gasteiger partial charge in [0.2, 0.25) is 5.95 Å². The van der Waals surface area contributed by atoms with Gasteiger partial charge < -0.3 is 4.57 Å². The number of hydrogen-bond donors (Lipinski definition) is 0. The Hall–Kier alpha value is -9.19. The molecule has 320 valence electrons. The van der Waals surface area contributed by atoms with E-state index in [0.29, 0.717) is 17.6 Å². The molecule has 69 heavy (non-hydrogen) atoms. The Labute approximate surface area is 397 Å². The third-order valence-corrected chi connectivity index (χ3v) is 14.8. The molecule has 0 saturated carbocycles. The molecule has 0 radical (unpaired) electrons. The molecule has 0 bridgehead atoms. The Bertz CT molecular complexity index is 4140. The van der Waals surface area contributed by atoms with E-state index in [1.165, 1.54) is 60.8 Å². The van der Waals surface area contributed by atoms with E-state index in [0.717, 1.165) is 55.3 Å². The molecule has 0 fully saturated rings. The van der Waals surface area contributed by atoms with Crippen molar-refractivity contribution < 1.29 is 0 Å². The summed E-state index contributed by atoms with van der Waals surface area (Å²) in [5.74, 6) is 1.79. The summed E-state index contributed by atoms with van der Waals surface area (Å²) in [6.07, 6.45) is 0. The molecule has 5 nitrogen and oxygen atoms in total. The Morgan fingerprint density at radius 2 is 0.725 bits per heavy atom. The molecule has 2 aliphatic carbocycles. The van der Waals surface area contributed by atoms with Crippen LogP contribution in [0.3, 0.4) is 0 Å². The third-order valence-electron chi connectivity index (χ3n) is 14.8. The van der Waals surface area contributed by atoms with Gasteiger partial charge >= 0.3 is 0 Å². The van der Waals surface area contributed by atoms with Crippen LogP contribution >= 0.6 is 0 Å². The molecule has 13 aromatic rings. The van der Waals surface area contributed by atoms with Crippen molar-refractivity contribution in [2.45, 2.75) is 5.41 Å². The summed E-state index contributed by atoms with van der Waals surface area (Å²) in [6, 6.07) is 85.5. The number of hydrogen-bond acceptors (Lipinski definition) is 3. The number of benzene rings is 10. The normalized spacial score (nSPS) is 13.0. The number of rotatable bonds is 5. The first kappa shape index (κ1) is 38.0. The molecule has 15 rings (SSSR count). The van der Waals surface area contributed by atoms with E-state index in [-0.39, 0.29) is 0 Å². The van der Waals surface area contributed by atoms with Crippen LogP contribution in [0.25, 0.3) is 111 Å². The van der Waals surface area contributed by atoms with Crippen molar-refractivity contribution in [3.8, 4) is 67.8 Å². The van der Waals surface area contributed by atoms with Crippen molar-refractivity contribution in [2.75, 3.05) is 0 Å². The van der Waals surface area contributed by atoms with E-state index < -0.39 is 5.41 Å². The molecule has 3 heterocycles. The molecule has 0 N–H and O–H groups in total. The Kier molecular flexibility index (Phi) is 7.93. The summed E-state index contributed by atoms with van der Waals surface area (Å²) in [6.45, 7) is 0. The molecule has 0 amide bonds. The summed E-state index contributed by atoms with van der Waals surface area (Å²) in [5.41, 5.74) is 19.7. The zero-order valence-electron chi connectivity index (χ0n) is 37.3. The third kappa shape index (κ3) is 5.27. The highest BCUT2D eigenvalue weighted by atomic mass is 15.2. The van der Waals surface area contributed by atoms with Crippen molar-refractivity contribution in [1.29, 1.82) is 0 Å². The molecule has 0 saturated heterocycles. The molecule has 5 heteroatoms. The van der Waals surface area contributed by atoms with Crippen molar-refractivity contribution in [3.05, 3.63) is 259 Å². The minimum Gasteiger partial charge on any atom is -0.309 e. The predicted molar refractivity (Wildman–Crippen MR) is 281 cm³/mol. The lowest BCUT2D eigenvalue weighted by molar-refractivity contribution is 0.794. The Balaban J connectivity index is 0.933. The van der Waals surface area contributed by atoms with E-state index >= 15 is 0 Å². The quantitative estimate of drug-likeness (QED) is 0.173. The summed E-state index contributed by atoms with van der Waals surface area (Å²) >= 11 is 0. The van der Waals surface area contributed by atoms with Gasteiger partial charge in [-0.3, -0.25) is 4.57 Å². The Morgan fingerprint density at radius 3 is 1.32 bits per heavy atom. The van der Waals surface area contributed by atoms with Crippen molar-refractivity contribution in [2.24, 2.45) is 0 Å². The number of fused-ring (bicyclic) bond motifs is 17. The maximum Gasteiger partial charge on any atom is 0.238 e. The van der Waals surface area contributed by atoms with Crippen LogP contribution in [0.4, 0.5) is 0 Å². The second-order valence-electron chi connectivity index (χ2n) is 18.3. The Morgan fingerprint density at radius 1 is 0.290 bits per heavy atom. The van der Waals surface area contributed by atoms with Crippen LogP contribution in [0.1, 0.15) is 22.3 Å². The zero-order valence-corrected chi connectivity index (χ0v) is 37.3. The minimum absolute atomic E-state index is 0.440. The largest absolute Gasteiger partial charge is 0.309 e. The van der Waals surface area contributed by atoms with Crippen LogP contribution in [0, 0.1) is 0 Å². The molecule has 1 spiro atoms. The van der Waals surface area contributed by atoms with Crippen LogP contribution < -0.4 is 0 Å². The van der Waals surface area contributed by atoms with Gasteiger partial charge in [-0.1, -0.05) is 194 Å². The second-order valence-corrected chi connectivity index (χ2v) is 18.3. The highest BCUT2D eigenvalue weighted by molar-refractivity contribution is 6.17. The van der Waals surface area contributed by atoms with Crippen LogP contribution in [-0.4, -0.2) is 24.1 Å². The molecule has 0 aliphatic heterocycles. The first-order valence-electron chi connectivity index (χ1n) is 23.6. The standard InChI is InChI=1S/C64H39N5/c1-2-16-40(17-3-1)41-30-32-42(33-31-41)61-65-62(67-63(66-61)69-57-28-14-7-20-47(57)48-21-8-15-29-58(48)69)43-34-36-44(37-35-43)68-56-27-13-9-22-49(56)50-38-39-55-59(60(50)68)51-23-6-12-26-54(51)64(55)52-24-10-4-18-45(52)46-19-5-11-25-53(46)64/h1-39H. The number of aromatic nitrogens is 5. The van der Waals surface area contributed by atoms with E-state index in [1.54, 1.807) is 0 Å². The van der Waals surface area contributed by atoms with Gasteiger partial charge in [0.05, 0.1) is 27.5 Å². The smallest absolute Gasteiger partial charge is 0.238 e. The van der Waals surface area contributed by atoms with Gasteiger partial charge in [0, 0.05) is 43.9 Å². The first-order chi connectivity index (χ1) is 34.2. The summed E-state index contributed by atoms with van der Waals surface area (Å²) < 4.78 is 4.66. The number of para-hydroxylation sites is 3. The highest BCUT2D eigenvalue weighted by Gasteiger charge is 2.52. The molecular weight excluding hydrogens is 839 g/mol. The average molecular weight is 878 g/mol. The van der Waals surface area contributed by atoms with Gasteiger partial charge in [0.1, 0.15) is 0 Å². The SMILES string of the molecule is c1ccc(-c2ccc(-c3nc(-c4ccc(-n5c6ccccc6c6ccc7c(c65)-c5ccccc5C75c6ccccc6-c6ccccc65)cc4)nc(-n4c5ccccc5c5ccccc54)n3)cc2)cc1. The maximum absolute atomic E-state index is 5.31. The fraction of sp³-hybridized carbons (Fsp3) is 0.0156. The van der Waals surface area contributed by atoms with Crippen LogP contribution in [0.5, 0.6) is 0 Å². The molecular formula is C64H39N5. The summed E-state index contributed by atoms with van der Waals surface area (Å²) in [4.78, 5) is 15.8. The number of nitrogens with zero attached hydrogens (tertiary/aromatic N) is 5. The monoisotopic (exact) mass is 877 g/mol. The van der Waals surface area contributed by atoms with Crippen LogP contribution in [-0.2, 0) is 5.41 Å². The van der Waals surface area contributed by atoms with E-state index in [9.17, 15) is 0 Å². The van der Waals surface area contributed by atoms with Crippen molar-refractivity contribution >= 4 is 43.6 Å². The molecule has 3 aromatic heterocycles. The predicted octanol–water partition coefficient (Wildman–Crippen LogP) is 15.4. The topological polar surface area (TPSA) is 48.5 Å². The van der Waals surface area contributed by atoms with Gasteiger partial charge in [0.25, 0.3) is 0 Å². The van der Waals surface area contributed by atoms with Crippen molar-refractivity contribution in [3.63, 3.8) is 0 Å². The maximum atomic E-state index is 5.31. The lowest BCUT2D eigenvalue weighted by Crippen LogP contribution is -2.25. The minimum atomic E-state index is -0.440. The van der Waals surface area contributed by atoms with Gasteiger partial charge in [-0.05, 0) is 92.5 Å². The lowest BCUT2D eigenvalue weighted by atomic mass is 9.70. The van der Waals surface area contributed by atoms with Gasteiger partial charge in [-0.15, -0.1) is 0 Å². The summed E-state index contributed by atoms with van der Waals surface area (Å²) in [5, 5.41) is 4.76. The van der Waals surface area contributed by atoms with E-state index in [1.807, 2.05) is 6.07 Å². The van der Waals surface area contributed by atoms with E-state index in [2.05, 4.69) is 240 Å². The molecule has 0 atom stereocenters. The lowest BCUT2D eigenvalue weighted by Gasteiger charge is -2.30. The van der Waals surface area contributed by atoms with E-state index in [4.69, 9.17) is 15.0 Å². The highest BCUT2D eigenvalue weighted by Crippen LogP contribution is 2.64. The molecule has 10 aromatic carbocycles. The van der Waals surface area contributed by atoms with Crippen LogP contribution in [0.15, 0.2) is 237 Å². The van der Waals surface area contributed by atoms with Gasteiger partial charge in [-0.2, -0.15) is 9.97 Å². The first-order valence-corrected chi connectivity index (χ1v) is 23.6. The fourth-order valence-electron chi connectivity index (χ4n) is 12.0. The van der Waals surface area contributed by atoms with Gasteiger partial charge in [0.15, 0.2) is 11.6 Å². The fourth-order valence-corrected chi connectivity index (χ4v) is 12.0. The summed E-state index contributed by atoms with van der Waals surface area (Å²) in [7, 11) is 0. The van der Waals surface area contributed by atoms with Crippen LogP contribution in [0.2, 0.25) is 0 Å². The zero-order chi connectivity index (χ0) is 45.2. The molecule has 0 unspecified atom stereocenters. The average Bonchev–Trinajstić information content (AvgIpc) is 4.13. The van der Waals surface area contributed by atoms with Gasteiger partial charge in [-0.25, -0.2) is 4.98 Å². The van der Waals surface area contributed by atoms with Crippen molar-refractivity contribution in [1.82, 2.24) is 24.1 Å². The second kappa shape index (κ2) is 14.4.